The van der Waals surface area contributed by atoms with Gasteiger partial charge in [-0.15, -0.1) is 17.8 Å². The van der Waals surface area contributed by atoms with Gasteiger partial charge in [-0.2, -0.15) is 0 Å². The molecule has 0 unspecified atom stereocenters. The molecule has 1 amide bonds. The number of para-hydroxylation sites is 1. The predicted molar refractivity (Wildman–Crippen MR) is 130 cm³/mol. The van der Waals surface area contributed by atoms with Crippen molar-refractivity contribution < 1.29 is 4.79 Å². The van der Waals surface area contributed by atoms with Crippen molar-refractivity contribution in [1.29, 1.82) is 0 Å². The highest BCUT2D eigenvalue weighted by Crippen LogP contribution is 2.31. The molecule has 0 radical (unpaired) electrons. The van der Waals surface area contributed by atoms with Gasteiger partial charge in [0.25, 0.3) is 5.91 Å². The van der Waals surface area contributed by atoms with Crippen LogP contribution in [-0.2, 0) is 5.41 Å². The highest BCUT2D eigenvalue weighted by Gasteiger charge is 2.24. The summed E-state index contributed by atoms with van der Waals surface area (Å²) in [5.41, 5.74) is 4.03. The van der Waals surface area contributed by atoms with E-state index in [9.17, 15) is 4.79 Å². The molecule has 2 N–H and O–H groups in total. The number of nitrogens with one attached hydrogen (secondary N) is 2. The van der Waals surface area contributed by atoms with Crippen LogP contribution >= 0.6 is 11.3 Å². The summed E-state index contributed by atoms with van der Waals surface area (Å²) in [5, 5.41) is 9.97. The first-order valence-electron chi connectivity index (χ1n) is 10.9. The summed E-state index contributed by atoms with van der Waals surface area (Å²) < 4.78 is 0. The number of hydrogen-bond donors (Lipinski definition) is 2. The largest absolute Gasteiger partial charge is 0.382 e. The van der Waals surface area contributed by atoms with Gasteiger partial charge in [0.1, 0.15) is 0 Å². The van der Waals surface area contributed by atoms with Gasteiger partial charge in [0.15, 0.2) is 0 Å². The number of benzene rings is 1. The Morgan fingerprint density at radius 2 is 1.84 bits per heavy atom. The van der Waals surface area contributed by atoms with E-state index in [2.05, 4.69) is 61.6 Å². The van der Waals surface area contributed by atoms with Crippen LogP contribution in [0.3, 0.4) is 0 Å². The normalized spacial score (nSPS) is 19.0. The van der Waals surface area contributed by atoms with Crippen LogP contribution in [0.2, 0.25) is 0 Å². The topological polar surface area (TPSA) is 54.0 Å². The Balaban J connectivity index is 1.41. The SMILES string of the molecule is C#Cc1csc(C(=O)NC2CCC(Nc3cc(C(C)(C)C)nc4ccccc34)CC2)c1. The summed E-state index contributed by atoms with van der Waals surface area (Å²) in [4.78, 5) is 18.1. The van der Waals surface area contributed by atoms with Crippen LogP contribution in [0.15, 0.2) is 41.8 Å². The van der Waals surface area contributed by atoms with Crippen LogP contribution in [0, 0.1) is 12.3 Å². The summed E-state index contributed by atoms with van der Waals surface area (Å²) in [6, 6.07) is 12.9. The Bertz CT molecular complexity index is 1130. The maximum atomic E-state index is 12.5. The van der Waals surface area contributed by atoms with E-state index in [1.165, 1.54) is 11.3 Å². The number of rotatable bonds is 4. The second kappa shape index (κ2) is 8.72. The summed E-state index contributed by atoms with van der Waals surface area (Å²) in [6.45, 7) is 6.59. The fourth-order valence-electron chi connectivity index (χ4n) is 4.07. The van der Waals surface area contributed by atoms with E-state index >= 15 is 0 Å². The van der Waals surface area contributed by atoms with Crippen molar-refractivity contribution >= 4 is 33.8 Å². The highest BCUT2D eigenvalue weighted by molar-refractivity contribution is 7.12. The molecular weight excluding hydrogens is 402 g/mol. The quantitative estimate of drug-likeness (QED) is 0.519. The zero-order valence-corrected chi connectivity index (χ0v) is 19.2. The monoisotopic (exact) mass is 431 g/mol. The fourth-order valence-corrected chi connectivity index (χ4v) is 4.82. The number of carbonyl (C=O) groups excluding carboxylic acids is 1. The number of hydrogen-bond acceptors (Lipinski definition) is 4. The summed E-state index contributed by atoms with van der Waals surface area (Å²) in [7, 11) is 0. The van der Waals surface area contributed by atoms with Crippen molar-refractivity contribution in [1.82, 2.24) is 10.3 Å². The lowest BCUT2D eigenvalue weighted by atomic mass is 9.89. The highest BCUT2D eigenvalue weighted by atomic mass is 32.1. The maximum absolute atomic E-state index is 12.5. The Morgan fingerprint density at radius 3 is 2.52 bits per heavy atom. The first-order valence-corrected chi connectivity index (χ1v) is 11.7. The van der Waals surface area contributed by atoms with Crippen molar-refractivity contribution in [3.8, 4) is 12.3 Å². The second-order valence-electron chi connectivity index (χ2n) is 9.33. The number of carbonyl (C=O) groups is 1. The molecule has 160 valence electrons. The molecule has 1 fully saturated rings. The van der Waals surface area contributed by atoms with E-state index in [-0.39, 0.29) is 17.4 Å². The zero-order chi connectivity index (χ0) is 22.0. The van der Waals surface area contributed by atoms with Crippen molar-refractivity contribution in [2.24, 2.45) is 0 Å². The third-order valence-corrected chi connectivity index (χ3v) is 6.83. The van der Waals surface area contributed by atoms with E-state index in [0.29, 0.717) is 10.9 Å². The van der Waals surface area contributed by atoms with Crippen molar-refractivity contribution in [3.63, 3.8) is 0 Å². The number of thiophene rings is 1. The molecule has 1 aliphatic rings. The Morgan fingerprint density at radius 1 is 1.13 bits per heavy atom. The number of nitrogens with zero attached hydrogens (tertiary/aromatic N) is 1. The lowest BCUT2D eigenvalue weighted by Crippen LogP contribution is -2.40. The predicted octanol–water partition coefficient (Wildman–Crippen LogP) is 5.73. The van der Waals surface area contributed by atoms with Gasteiger partial charge < -0.3 is 10.6 Å². The van der Waals surface area contributed by atoms with Crippen LogP contribution in [0.5, 0.6) is 0 Å². The number of terminal acetylenes is 1. The summed E-state index contributed by atoms with van der Waals surface area (Å²) >= 11 is 1.40. The number of anilines is 1. The third-order valence-electron chi connectivity index (χ3n) is 5.90. The zero-order valence-electron chi connectivity index (χ0n) is 18.4. The molecule has 5 heteroatoms. The second-order valence-corrected chi connectivity index (χ2v) is 10.2. The molecule has 2 aromatic heterocycles. The van der Waals surface area contributed by atoms with Gasteiger partial charge in [-0.3, -0.25) is 9.78 Å². The first-order chi connectivity index (χ1) is 14.8. The van der Waals surface area contributed by atoms with E-state index in [4.69, 9.17) is 11.4 Å². The van der Waals surface area contributed by atoms with Crippen LogP contribution in [0.1, 0.15) is 67.4 Å². The third kappa shape index (κ3) is 4.91. The molecule has 0 bridgehead atoms. The molecule has 31 heavy (non-hydrogen) atoms. The van der Waals surface area contributed by atoms with Gasteiger partial charge >= 0.3 is 0 Å². The molecule has 0 atom stereocenters. The van der Waals surface area contributed by atoms with Crippen LogP contribution in [-0.4, -0.2) is 23.0 Å². The molecule has 3 aromatic rings. The molecule has 1 aromatic carbocycles. The van der Waals surface area contributed by atoms with Gasteiger partial charge in [-0.1, -0.05) is 44.9 Å². The van der Waals surface area contributed by atoms with Gasteiger partial charge in [0.2, 0.25) is 0 Å². The molecule has 4 nitrogen and oxygen atoms in total. The van der Waals surface area contributed by atoms with Gasteiger partial charge in [0.05, 0.1) is 10.4 Å². The van der Waals surface area contributed by atoms with E-state index in [1.807, 2.05) is 11.4 Å². The molecule has 1 saturated carbocycles. The number of aromatic nitrogens is 1. The number of fused-ring (bicyclic) bond motifs is 1. The van der Waals surface area contributed by atoms with Crippen LogP contribution < -0.4 is 10.6 Å². The maximum Gasteiger partial charge on any atom is 0.261 e. The minimum Gasteiger partial charge on any atom is -0.382 e. The molecule has 0 aliphatic heterocycles. The standard InChI is InChI=1S/C26H29N3OS/c1-5-17-14-23(31-16-17)25(30)28-19-12-10-18(11-13-19)27-22-15-24(26(2,3)4)29-21-9-7-6-8-20(21)22/h1,6-9,14-16,18-19H,10-13H2,2-4H3,(H,27,29)(H,28,30). The Kier molecular flexibility index (Phi) is 6.02. The van der Waals surface area contributed by atoms with Crippen molar-refractivity contribution in [2.45, 2.75) is 64.0 Å². The Hall–Kier alpha value is -2.84. The van der Waals surface area contributed by atoms with Gasteiger partial charge in [0, 0.05) is 45.2 Å². The minimum atomic E-state index is -0.0159. The Labute approximate surface area is 188 Å². The summed E-state index contributed by atoms with van der Waals surface area (Å²) in [5.74, 6) is 2.56. The summed E-state index contributed by atoms with van der Waals surface area (Å²) in [6.07, 6.45) is 9.38. The smallest absolute Gasteiger partial charge is 0.261 e. The lowest BCUT2D eigenvalue weighted by molar-refractivity contribution is 0.0930. The average Bonchev–Trinajstić information content (AvgIpc) is 3.24. The molecule has 1 aliphatic carbocycles. The molecular formula is C26H29N3OS. The van der Waals surface area contributed by atoms with E-state index in [1.54, 1.807) is 6.07 Å². The van der Waals surface area contributed by atoms with Crippen molar-refractivity contribution in [2.75, 3.05) is 5.32 Å². The molecule has 4 rings (SSSR count). The average molecular weight is 432 g/mol. The van der Waals surface area contributed by atoms with Gasteiger partial charge in [-0.25, -0.2) is 0 Å². The van der Waals surface area contributed by atoms with Crippen LogP contribution in [0.25, 0.3) is 10.9 Å². The van der Waals surface area contributed by atoms with E-state index < -0.39 is 0 Å². The molecule has 0 saturated heterocycles. The number of amides is 1. The van der Waals surface area contributed by atoms with Crippen LogP contribution in [0.4, 0.5) is 5.69 Å². The first kappa shape index (κ1) is 21.4. The molecule has 2 heterocycles. The number of pyridine rings is 1. The fraction of sp³-hybridized carbons (Fsp3) is 0.385. The lowest BCUT2D eigenvalue weighted by Gasteiger charge is -2.31. The van der Waals surface area contributed by atoms with Crippen molar-refractivity contribution in [3.05, 3.63) is 57.9 Å². The van der Waals surface area contributed by atoms with Gasteiger partial charge in [-0.05, 0) is 43.9 Å². The van der Waals surface area contributed by atoms with E-state index in [0.717, 1.165) is 53.5 Å². The molecule has 0 spiro atoms. The minimum absolute atomic E-state index is 0.0104.